The summed E-state index contributed by atoms with van der Waals surface area (Å²) in [5.41, 5.74) is 1.49. The molecule has 6 nitrogen and oxygen atoms in total. The van der Waals surface area contributed by atoms with Crippen LogP contribution in [-0.2, 0) is 0 Å². The fraction of sp³-hybridized carbons (Fsp3) is 0.500. The Morgan fingerprint density at radius 1 is 1.00 bits per heavy atom. The Morgan fingerprint density at radius 2 is 1.59 bits per heavy atom. The van der Waals surface area contributed by atoms with E-state index in [-0.39, 0.29) is 11.7 Å². The highest BCUT2D eigenvalue weighted by atomic mass is 19.1. The molecule has 1 aromatic carbocycles. The van der Waals surface area contributed by atoms with Crippen LogP contribution in [0.3, 0.4) is 0 Å². The molecule has 3 rings (SSSR count). The molecule has 156 valence electrons. The summed E-state index contributed by atoms with van der Waals surface area (Å²) in [5.74, 6) is 1.17. The van der Waals surface area contributed by atoms with Crippen molar-refractivity contribution in [2.24, 2.45) is 0 Å². The van der Waals surface area contributed by atoms with E-state index in [9.17, 15) is 9.18 Å². The SMILES string of the molecule is CCCN(CCC)C(=O)c1cc(N2CCN(c3ccc(F)cc3)CC2)nc(C)n1. The number of aromatic nitrogens is 2. The van der Waals surface area contributed by atoms with Crippen LogP contribution in [0.1, 0.15) is 43.0 Å². The van der Waals surface area contributed by atoms with Crippen molar-refractivity contribution < 1.29 is 9.18 Å². The van der Waals surface area contributed by atoms with Gasteiger partial charge in [-0.3, -0.25) is 4.79 Å². The van der Waals surface area contributed by atoms with Crippen LogP contribution in [0.25, 0.3) is 0 Å². The Labute approximate surface area is 172 Å². The fourth-order valence-corrected chi connectivity index (χ4v) is 3.69. The topological polar surface area (TPSA) is 52.6 Å². The maximum atomic E-state index is 13.2. The summed E-state index contributed by atoms with van der Waals surface area (Å²) in [4.78, 5) is 28.2. The minimum atomic E-state index is -0.221. The molecule has 0 unspecified atom stereocenters. The zero-order valence-electron chi connectivity index (χ0n) is 17.6. The Balaban J connectivity index is 1.71. The maximum absolute atomic E-state index is 13.2. The summed E-state index contributed by atoms with van der Waals surface area (Å²) >= 11 is 0. The molecule has 0 N–H and O–H groups in total. The number of anilines is 2. The third-order valence-electron chi connectivity index (χ3n) is 5.11. The van der Waals surface area contributed by atoms with Gasteiger partial charge in [0.05, 0.1) is 0 Å². The van der Waals surface area contributed by atoms with Gasteiger partial charge in [0, 0.05) is 51.0 Å². The first-order valence-corrected chi connectivity index (χ1v) is 10.4. The first kappa shape index (κ1) is 21.0. The molecule has 1 aliphatic heterocycles. The molecule has 0 bridgehead atoms. The predicted octanol–water partition coefficient (Wildman–Crippen LogP) is 3.51. The lowest BCUT2D eigenvalue weighted by molar-refractivity contribution is 0.0749. The van der Waals surface area contributed by atoms with Crippen LogP contribution in [-0.4, -0.2) is 60.0 Å². The smallest absolute Gasteiger partial charge is 0.272 e. The minimum absolute atomic E-state index is 0.0228. The van der Waals surface area contributed by atoms with Crippen molar-refractivity contribution in [3.63, 3.8) is 0 Å². The van der Waals surface area contributed by atoms with Gasteiger partial charge in [0.25, 0.3) is 5.91 Å². The molecule has 1 saturated heterocycles. The van der Waals surface area contributed by atoms with Crippen molar-refractivity contribution in [3.05, 3.63) is 47.7 Å². The van der Waals surface area contributed by atoms with Gasteiger partial charge in [0.1, 0.15) is 23.2 Å². The van der Waals surface area contributed by atoms with Crippen molar-refractivity contribution in [2.75, 3.05) is 49.1 Å². The number of amides is 1. The van der Waals surface area contributed by atoms with E-state index in [1.54, 1.807) is 0 Å². The van der Waals surface area contributed by atoms with Gasteiger partial charge in [-0.1, -0.05) is 13.8 Å². The molecule has 2 aromatic rings. The van der Waals surface area contributed by atoms with Crippen LogP contribution in [0.2, 0.25) is 0 Å². The second-order valence-corrected chi connectivity index (χ2v) is 7.40. The van der Waals surface area contributed by atoms with Gasteiger partial charge in [-0.25, -0.2) is 14.4 Å². The van der Waals surface area contributed by atoms with Gasteiger partial charge >= 0.3 is 0 Å². The third-order valence-corrected chi connectivity index (χ3v) is 5.11. The molecular formula is C22H30FN5O. The average molecular weight is 400 g/mol. The molecule has 0 aliphatic carbocycles. The van der Waals surface area contributed by atoms with E-state index in [1.165, 1.54) is 12.1 Å². The minimum Gasteiger partial charge on any atom is -0.368 e. The second kappa shape index (κ2) is 9.67. The molecule has 0 saturated carbocycles. The van der Waals surface area contributed by atoms with Gasteiger partial charge < -0.3 is 14.7 Å². The standard InChI is InChI=1S/C22H30FN5O/c1-4-10-28(11-5-2)22(29)20-16-21(25-17(3)24-20)27-14-12-26(13-15-27)19-8-6-18(23)7-9-19/h6-9,16H,4-5,10-15H2,1-3H3. The number of hydrogen-bond acceptors (Lipinski definition) is 5. The maximum Gasteiger partial charge on any atom is 0.272 e. The largest absolute Gasteiger partial charge is 0.368 e. The Morgan fingerprint density at radius 3 is 2.17 bits per heavy atom. The van der Waals surface area contributed by atoms with Crippen molar-refractivity contribution in [2.45, 2.75) is 33.6 Å². The lowest BCUT2D eigenvalue weighted by atomic mass is 10.2. The van der Waals surface area contributed by atoms with Gasteiger partial charge in [0.15, 0.2) is 0 Å². The average Bonchev–Trinajstić information content (AvgIpc) is 2.73. The molecular weight excluding hydrogens is 369 g/mol. The molecule has 1 amide bonds. The van der Waals surface area contributed by atoms with Crippen LogP contribution in [0, 0.1) is 12.7 Å². The number of halogens is 1. The summed E-state index contributed by atoms with van der Waals surface area (Å²) in [5, 5.41) is 0. The quantitative estimate of drug-likeness (QED) is 0.713. The van der Waals surface area contributed by atoms with E-state index in [0.717, 1.165) is 63.6 Å². The van der Waals surface area contributed by atoms with E-state index in [4.69, 9.17) is 0 Å². The van der Waals surface area contributed by atoms with E-state index in [1.807, 2.05) is 30.0 Å². The molecule has 7 heteroatoms. The van der Waals surface area contributed by atoms with Crippen molar-refractivity contribution in [3.8, 4) is 0 Å². The number of carbonyl (C=O) groups excluding carboxylic acids is 1. The van der Waals surface area contributed by atoms with Crippen molar-refractivity contribution >= 4 is 17.4 Å². The molecule has 29 heavy (non-hydrogen) atoms. The molecule has 0 radical (unpaired) electrons. The van der Waals surface area contributed by atoms with E-state index >= 15 is 0 Å². The number of carbonyl (C=O) groups is 1. The third kappa shape index (κ3) is 5.22. The van der Waals surface area contributed by atoms with Gasteiger partial charge in [0.2, 0.25) is 0 Å². The van der Waals surface area contributed by atoms with Crippen LogP contribution in [0.15, 0.2) is 30.3 Å². The summed E-state index contributed by atoms with van der Waals surface area (Å²) in [6.45, 7) is 10.7. The molecule has 0 atom stereocenters. The van der Waals surface area contributed by atoms with Crippen LogP contribution in [0.4, 0.5) is 15.9 Å². The predicted molar refractivity (Wildman–Crippen MR) is 114 cm³/mol. The number of rotatable bonds is 7. The summed E-state index contributed by atoms with van der Waals surface area (Å²) in [6.07, 6.45) is 1.85. The lowest BCUT2D eigenvalue weighted by Gasteiger charge is -2.37. The lowest BCUT2D eigenvalue weighted by Crippen LogP contribution is -2.47. The van der Waals surface area contributed by atoms with E-state index in [2.05, 4.69) is 33.6 Å². The summed E-state index contributed by atoms with van der Waals surface area (Å²) in [6, 6.07) is 8.43. The van der Waals surface area contributed by atoms with Crippen molar-refractivity contribution in [1.29, 1.82) is 0 Å². The zero-order valence-corrected chi connectivity index (χ0v) is 17.6. The Bertz CT molecular complexity index is 812. The van der Waals surface area contributed by atoms with Crippen LogP contribution < -0.4 is 9.80 Å². The first-order valence-electron chi connectivity index (χ1n) is 10.4. The Kier molecular flexibility index (Phi) is 7.01. The van der Waals surface area contributed by atoms with E-state index in [0.29, 0.717) is 11.5 Å². The number of hydrogen-bond donors (Lipinski definition) is 0. The molecule has 1 aliphatic rings. The second-order valence-electron chi connectivity index (χ2n) is 7.40. The van der Waals surface area contributed by atoms with Gasteiger partial charge in [-0.15, -0.1) is 0 Å². The highest BCUT2D eigenvalue weighted by molar-refractivity contribution is 5.93. The van der Waals surface area contributed by atoms with Crippen LogP contribution >= 0.6 is 0 Å². The van der Waals surface area contributed by atoms with E-state index < -0.39 is 0 Å². The number of nitrogens with zero attached hydrogens (tertiary/aromatic N) is 5. The number of benzene rings is 1. The molecule has 1 aromatic heterocycles. The van der Waals surface area contributed by atoms with Crippen molar-refractivity contribution in [1.82, 2.24) is 14.9 Å². The fourth-order valence-electron chi connectivity index (χ4n) is 3.69. The summed E-state index contributed by atoms with van der Waals surface area (Å²) in [7, 11) is 0. The van der Waals surface area contributed by atoms with Gasteiger partial charge in [-0.05, 0) is 44.0 Å². The first-order chi connectivity index (χ1) is 14.0. The molecule has 0 spiro atoms. The molecule has 1 fully saturated rings. The highest BCUT2D eigenvalue weighted by Gasteiger charge is 2.22. The summed E-state index contributed by atoms with van der Waals surface area (Å²) < 4.78 is 13.2. The highest BCUT2D eigenvalue weighted by Crippen LogP contribution is 2.21. The van der Waals surface area contributed by atoms with Gasteiger partial charge in [-0.2, -0.15) is 0 Å². The number of aryl methyl sites for hydroxylation is 1. The Hall–Kier alpha value is -2.70. The molecule has 2 heterocycles. The zero-order chi connectivity index (χ0) is 20.8. The normalized spacial score (nSPS) is 14.2. The number of piperazine rings is 1. The van der Waals surface area contributed by atoms with Crippen LogP contribution in [0.5, 0.6) is 0 Å². The monoisotopic (exact) mass is 399 g/mol.